The highest BCUT2D eigenvalue weighted by Crippen LogP contribution is 2.28. The molecule has 3 heteroatoms. The molecule has 0 radical (unpaired) electrons. The van der Waals surface area contributed by atoms with Crippen molar-refractivity contribution in [3.63, 3.8) is 0 Å². The summed E-state index contributed by atoms with van der Waals surface area (Å²) in [5, 5.41) is 3.61. The average Bonchev–Trinajstić information content (AvgIpc) is 2.50. The Morgan fingerprint density at radius 3 is 2.33 bits per heavy atom. The predicted molar refractivity (Wildman–Crippen MR) is 87.4 cm³/mol. The molecule has 0 aliphatic rings. The van der Waals surface area contributed by atoms with Gasteiger partial charge in [0, 0.05) is 6.04 Å². The maximum absolute atomic E-state index is 13.7. The van der Waals surface area contributed by atoms with E-state index in [0.29, 0.717) is 0 Å². The maximum Gasteiger partial charge on any atom is 0.142 e. The van der Waals surface area contributed by atoms with Gasteiger partial charge in [-0.15, -0.1) is 0 Å². The monoisotopic (exact) mass is 305 g/mol. The highest BCUT2D eigenvalue weighted by atomic mass is 35.5. The van der Waals surface area contributed by atoms with Gasteiger partial charge in [0.15, 0.2) is 0 Å². The molecule has 1 N–H and O–H groups in total. The van der Waals surface area contributed by atoms with Crippen LogP contribution < -0.4 is 5.32 Å². The Morgan fingerprint density at radius 2 is 1.71 bits per heavy atom. The van der Waals surface area contributed by atoms with Crippen LogP contribution in [0.2, 0.25) is 5.02 Å². The van der Waals surface area contributed by atoms with E-state index in [-0.39, 0.29) is 16.9 Å². The fourth-order valence-electron chi connectivity index (χ4n) is 2.47. The number of likely N-dealkylation sites (N-methyl/N-ethyl adjacent to an activating group) is 1. The average molecular weight is 306 g/mol. The van der Waals surface area contributed by atoms with E-state index in [0.717, 1.165) is 24.9 Å². The van der Waals surface area contributed by atoms with Gasteiger partial charge < -0.3 is 5.32 Å². The molecule has 0 aliphatic carbocycles. The van der Waals surface area contributed by atoms with Crippen LogP contribution in [0, 0.1) is 5.82 Å². The topological polar surface area (TPSA) is 12.0 Å². The molecule has 21 heavy (non-hydrogen) atoms. The second kappa shape index (κ2) is 7.58. The molecule has 0 aromatic heterocycles. The van der Waals surface area contributed by atoms with Crippen LogP contribution in [0.25, 0.3) is 0 Å². The van der Waals surface area contributed by atoms with Crippen LogP contribution in [0.15, 0.2) is 42.5 Å². The van der Waals surface area contributed by atoms with Crippen LogP contribution in [-0.2, 0) is 12.8 Å². The zero-order valence-electron chi connectivity index (χ0n) is 12.5. The summed E-state index contributed by atoms with van der Waals surface area (Å²) in [5.74, 6) is -0.363. The van der Waals surface area contributed by atoms with Crippen LogP contribution in [0.1, 0.15) is 36.6 Å². The fraction of sp³-hybridized carbons (Fsp3) is 0.333. The van der Waals surface area contributed by atoms with Crippen molar-refractivity contribution in [2.24, 2.45) is 0 Å². The van der Waals surface area contributed by atoms with Crippen LogP contribution >= 0.6 is 11.6 Å². The highest BCUT2D eigenvalue weighted by Gasteiger charge is 2.16. The minimum absolute atomic E-state index is 0.0191. The number of nitrogens with one attached hydrogen (secondary N) is 1. The molecule has 2 aromatic carbocycles. The van der Waals surface area contributed by atoms with Gasteiger partial charge in [-0.05, 0) is 42.1 Å². The maximum atomic E-state index is 13.7. The molecule has 2 aromatic rings. The first kappa shape index (κ1) is 16.0. The Morgan fingerprint density at radius 1 is 1.05 bits per heavy atom. The van der Waals surface area contributed by atoms with Crippen molar-refractivity contribution in [1.29, 1.82) is 0 Å². The SMILES string of the molecule is CCNC(Cc1ccc(CC)cc1)c1cccc(F)c1Cl. The molecule has 0 aliphatic heterocycles. The number of hydrogen-bond donors (Lipinski definition) is 1. The van der Waals surface area contributed by atoms with Gasteiger partial charge in [-0.3, -0.25) is 0 Å². The minimum Gasteiger partial charge on any atom is -0.310 e. The van der Waals surface area contributed by atoms with Gasteiger partial charge in [0.2, 0.25) is 0 Å². The van der Waals surface area contributed by atoms with E-state index >= 15 is 0 Å². The van der Waals surface area contributed by atoms with Gasteiger partial charge in [-0.2, -0.15) is 0 Å². The van der Waals surface area contributed by atoms with E-state index in [1.807, 2.05) is 13.0 Å². The van der Waals surface area contributed by atoms with Gasteiger partial charge >= 0.3 is 0 Å². The molecular formula is C18H21ClFN. The summed E-state index contributed by atoms with van der Waals surface area (Å²) in [7, 11) is 0. The molecule has 1 nitrogen and oxygen atoms in total. The number of aryl methyl sites for hydroxylation is 1. The molecule has 1 atom stereocenters. The molecule has 0 amide bonds. The molecule has 112 valence electrons. The van der Waals surface area contributed by atoms with Crippen molar-refractivity contribution in [2.45, 2.75) is 32.7 Å². The third-order valence-corrected chi connectivity index (χ3v) is 4.08. The Bertz CT molecular complexity index is 580. The van der Waals surface area contributed by atoms with E-state index in [4.69, 9.17) is 11.6 Å². The minimum atomic E-state index is -0.363. The van der Waals surface area contributed by atoms with Crippen LogP contribution in [-0.4, -0.2) is 6.54 Å². The van der Waals surface area contributed by atoms with Gasteiger partial charge in [-0.1, -0.05) is 61.8 Å². The zero-order valence-corrected chi connectivity index (χ0v) is 13.3. The van der Waals surface area contributed by atoms with Crippen molar-refractivity contribution in [2.75, 3.05) is 6.54 Å². The van der Waals surface area contributed by atoms with Crippen molar-refractivity contribution in [3.8, 4) is 0 Å². The number of hydrogen-bond acceptors (Lipinski definition) is 1. The van der Waals surface area contributed by atoms with Crippen LogP contribution in [0.5, 0.6) is 0 Å². The number of halogens is 2. The highest BCUT2D eigenvalue weighted by molar-refractivity contribution is 6.31. The normalized spacial score (nSPS) is 12.4. The Kier molecular flexibility index (Phi) is 5.77. The van der Waals surface area contributed by atoms with Crippen molar-refractivity contribution in [1.82, 2.24) is 5.32 Å². The second-order valence-corrected chi connectivity index (χ2v) is 5.51. The fourth-order valence-corrected chi connectivity index (χ4v) is 2.73. The lowest BCUT2D eigenvalue weighted by molar-refractivity contribution is 0.543. The standard InChI is InChI=1S/C18H21ClFN/c1-3-13-8-10-14(11-9-13)12-17(21-4-2)15-6-5-7-16(20)18(15)19/h5-11,17,21H,3-4,12H2,1-2H3. The molecule has 2 rings (SSSR count). The van der Waals surface area contributed by atoms with Gasteiger partial charge in [0.05, 0.1) is 5.02 Å². The Hall–Kier alpha value is -1.38. The third kappa shape index (κ3) is 4.05. The summed E-state index contributed by atoms with van der Waals surface area (Å²) in [6, 6.07) is 13.6. The number of benzene rings is 2. The summed E-state index contributed by atoms with van der Waals surface area (Å²) in [4.78, 5) is 0. The van der Waals surface area contributed by atoms with Crippen LogP contribution in [0.3, 0.4) is 0 Å². The van der Waals surface area contributed by atoms with Gasteiger partial charge in [0.1, 0.15) is 5.82 Å². The summed E-state index contributed by atoms with van der Waals surface area (Å²) in [5.41, 5.74) is 3.36. The lowest BCUT2D eigenvalue weighted by atomic mass is 9.97. The Balaban J connectivity index is 2.24. The van der Waals surface area contributed by atoms with Gasteiger partial charge in [0.25, 0.3) is 0 Å². The first-order valence-corrected chi connectivity index (χ1v) is 7.78. The molecule has 0 heterocycles. The van der Waals surface area contributed by atoms with Gasteiger partial charge in [-0.25, -0.2) is 4.39 Å². The second-order valence-electron chi connectivity index (χ2n) is 5.13. The van der Waals surface area contributed by atoms with E-state index in [2.05, 4.69) is 36.5 Å². The zero-order chi connectivity index (χ0) is 15.2. The molecular weight excluding hydrogens is 285 g/mol. The quantitative estimate of drug-likeness (QED) is 0.797. The van der Waals surface area contributed by atoms with Crippen molar-refractivity contribution in [3.05, 3.63) is 70.0 Å². The third-order valence-electron chi connectivity index (χ3n) is 3.68. The molecule has 0 saturated carbocycles. The van der Waals surface area contributed by atoms with Crippen molar-refractivity contribution < 1.29 is 4.39 Å². The lowest BCUT2D eigenvalue weighted by Crippen LogP contribution is -2.23. The summed E-state index contributed by atoms with van der Waals surface area (Å²) in [6.07, 6.45) is 1.83. The summed E-state index contributed by atoms with van der Waals surface area (Å²) < 4.78 is 13.7. The van der Waals surface area contributed by atoms with E-state index in [9.17, 15) is 4.39 Å². The summed E-state index contributed by atoms with van der Waals surface area (Å²) >= 11 is 6.12. The van der Waals surface area contributed by atoms with Crippen molar-refractivity contribution >= 4 is 11.6 Å². The van der Waals surface area contributed by atoms with Crippen LogP contribution in [0.4, 0.5) is 4.39 Å². The van der Waals surface area contributed by atoms with E-state index < -0.39 is 0 Å². The molecule has 0 fully saturated rings. The first-order valence-electron chi connectivity index (χ1n) is 7.40. The first-order chi connectivity index (χ1) is 10.2. The molecule has 0 saturated heterocycles. The predicted octanol–water partition coefficient (Wildman–Crippen LogP) is 4.93. The Labute approximate surface area is 131 Å². The molecule has 0 spiro atoms. The van der Waals surface area contributed by atoms with E-state index in [1.54, 1.807) is 6.07 Å². The number of rotatable bonds is 6. The van der Waals surface area contributed by atoms with E-state index in [1.165, 1.54) is 17.2 Å². The molecule has 1 unspecified atom stereocenters. The smallest absolute Gasteiger partial charge is 0.142 e. The summed E-state index contributed by atoms with van der Waals surface area (Å²) in [6.45, 7) is 4.99. The largest absolute Gasteiger partial charge is 0.310 e. The molecule has 0 bridgehead atoms. The lowest BCUT2D eigenvalue weighted by Gasteiger charge is -2.20.